The Bertz CT molecular complexity index is 672. The maximum absolute atomic E-state index is 12.8. The summed E-state index contributed by atoms with van der Waals surface area (Å²) in [7, 11) is 0. The number of nitrogens with zero attached hydrogens (tertiary/aromatic N) is 2. The fourth-order valence-corrected chi connectivity index (χ4v) is 3.78. The number of thioether (sulfide) groups is 1. The molecule has 112 valence electrons. The Morgan fingerprint density at radius 2 is 1.95 bits per heavy atom. The number of aromatic nitrogens is 1. The highest BCUT2D eigenvalue weighted by molar-refractivity contribution is 7.99. The number of fused-ring (bicyclic) bond motifs is 1. The Morgan fingerprint density at radius 1 is 1.24 bits per heavy atom. The summed E-state index contributed by atoms with van der Waals surface area (Å²) in [6, 6.07) is 7.38. The summed E-state index contributed by atoms with van der Waals surface area (Å²) in [5.74, 6) is 2.35. The van der Waals surface area contributed by atoms with Crippen molar-refractivity contribution in [1.29, 1.82) is 0 Å². The van der Waals surface area contributed by atoms with Crippen molar-refractivity contribution in [2.75, 3.05) is 24.6 Å². The molecule has 1 aromatic carbocycles. The molecule has 0 unspecified atom stereocenters. The van der Waals surface area contributed by atoms with Gasteiger partial charge in [-0.05, 0) is 38.1 Å². The molecule has 0 saturated carbocycles. The highest BCUT2D eigenvalue weighted by Crippen LogP contribution is 2.28. The Balaban J connectivity index is 2.08. The van der Waals surface area contributed by atoms with Gasteiger partial charge in [-0.2, -0.15) is 11.8 Å². The third-order valence-electron chi connectivity index (χ3n) is 3.86. The van der Waals surface area contributed by atoms with Crippen LogP contribution in [-0.2, 0) is 0 Å². The number of rotatable bonds is 2. The first kappa shape index (κ1) is 14.3. The minimum Gasteiger partial charge on any atom is -0.508 e. The fourth-order valence-electron chi connectivity index (χ4n) is 2.87. The topological polar surface area (TPSA) is 45.5 Å². The first-order valence-corrected chi connectivity index (χ1v) is 8.44. The highest BCUT2D eigenvalue weighted by atomic mass is 32.2. The van der Waals surface area contributed by atoms with Gasteiger partial charge in [0.2, 0.25) is 0 Å². The number of hydrogen-bond acceptors (Lipinski definition) is 3. The lowest BCUT2D eigenvalue weighted by atomic mass is 10.2. The Labute approximate surface area is 128 Å². The average molecular weight is 304 g/mol. The number of carbonyl (C=O) groups excluding carboxylic acids is 1. The Kier molecular flexibility index (Phi) is 3.85. The minimum atomic E-state index is 0.0969. The zero-order chi connectivity index (χ0) is 15.0. The van der Waals surface area contributed by atoms with Crippen LogP contribution in [0, 0.1) is 0 Å². The molecule has 0 radical (unpaired) electrons. The van der Waals surface area contributed by atoms with Gasteiger partial charge in [0, 0.05) is 41.5 Å². The van der Waals surface area contributed by atoms with Gasteiger partial charge in [0.1, 0.15) is 11.4 Å². The van der Waals surface area contributed by atoms with Gasteiger partial charge in [0.05, 0.1) is 0 Å². The number of amides is 1. The maximum Gasteiger partial charge on any atom is 0.270 e. The molecule has 4 nitrogen and oxygen atoms in total. The summed E-state index contributed by atoms with van der Waals surface area (Å²) in [6.45, 7) is 5.78. The van der Waals surface area contributed by atoms with E-state index in [1.807, 2.05) is 28.8 Å². The molecule has 0 atom stereocenters. The molecule has 1 amide bonds. The maximum atomic E-state index is 12.8. The van der Waals surface area contributed by atoms with Crippen LogP contribution in [0.3, 0.4) is 0 Å². The Hall–Kier alpha value is -1.62. The number of phenols is 1. The lowest BCUT2D eigenvalue weighted by molar-refractivity contribution is 0.0760. The normalized spacial score (nSPS) is 15.9. The molecule has 0 spiro atoms. The van der Waals surface area contributed by atoms with Crippen LogP contribution in [0.5, 0.6) is 5.75 Å². The van der Waals surface area contributed by atoms with Crippen LogP contribution in [0.15, 0.2) is 24.3 Å². The second kappa shape index (κ2) is 5.64. The minimum absolute atomic E-state index is 0.0969. The van der Waals surface area contributed by atoms with E-state index in [-0.39, 0.29) is 17.7 Å². The van der Waals surface area contributed by atoms with Gasteiger partial charge in [-0.25, -0.2) is 0 Å². The predicted octanol–water partition coefficient (Wildman–Crippen LogP) is 3.12. The largest absolute Gasteiger partial charge is 0.508 e. The quantitative estimate of drug-likeness (QED) is 0.927. The third kappa shape index (κ3) is 2.62. The van der Waals surface area contributed by atoms with E-state index < -0.39 is 0 Å². The van der Waals surface area contributed by atoms with Crippen molar-refractivity contribution in [3.63, 3.8) is 0 Å². The van der Waals surface area contributed by atoms with Crippen molar-refractivity contribution in [2.45, 2.75) is 19.9 Å². The molecular weight excluding hydrogens is 284 g/mol. The van der Waals surface area contributed by atoms with Crippen molar-refractivity contribution in [3.8, 4) is 5.75 Å². The lowest BCUT2D eigenvalue weighted by Crippen LogP contribution is -2.39. The number of hydrogen-bond donors (Lipinski definition) is 1. The molecule has 1 saturated heterocycles. The van der Waals surface area contributed by atoms with Crippen LogP contribution in [0.1, 0.15) is 30.4 Å². The van der Waals surface area contributed by atoms with Gasteiger partial charge in [-0.15, -0.1) is 0 Å². The first-order valence-electron chi connectivity index (χ1n) is 7.29. The Morgan fingerprint density at radius 3 is 2.62 bits per heavy atom. The van der Waals surface area contributed by atoms with Crippen LogP contribution < -0.4 is 0 Å². The summed E-state index contributed by atoms with van der Waals surface area (Å²) in [4.78, 5) is 14.7. The van der Waals surface area contributed by atoms with E-state index >= 15 is 0 Å². The molecule has 1 aliphatic heterocycles. The molecule has 0 aliphatic carbocycles. The van der Waals surface area contributed by atoms with Gasteiger partial charge in [0.25, 0.3) is 5.91 Å². The zero-order valence-electron chi connectivity index (χ0n) is 12.4. The standard InChI is InChI=1S/C16H20N2O2S/c1-11(2)18-14-4-3-13(19)9-12(14)10-15(18)16(20)17-5-7-21-8-6-17/h3-4,9-11,19H,5-8H2,1-2H3. The molecule has 1 aliphatic rings. The first-order chi connectivity index (χ1) is 10.1. The summed E-state index contributed by atoms with van der Waals surface area (Å²) in [5, 5.41) is 10.6. The predicted molar refractivity (Wildman–Crippen MR) is 87.2 cm³/mol. The van der Waals surface area contributed by atoms with Gasteiger partial charge < -0.3 is 14.6 Å². The third-order valence-corrected chi connectivity index (χ3v) is 4.80. The van der Waals surface area contributed by atoms with E-state index in [4.69, 9.17) is 0 Å². The number of phenolic OH excluding ortho intramolecular Hbond substituents is 1. The molecule has 5 heteroatoms. The average Bonchev–Trinajstić information content (AvgIpc) is 2.85. The highest BCUT2D eigenvalue weighted by Gasteiger charge is 2.24. The summed E-state index contributed by atoms with van der Waals surface area (Å²) >= 11 is 1.89. The van der Waals surface area contributed by atoms with Crippen molar-refractivity contribution < 1.29 is 9.90 Å². The van der Waals surface area contributed by atoms with E-state index in [1.54, 1.807) is 12.1 Å². The van der Waals surface area contributed by atoms with E-state index in [9.17, 15) is 9.90 Å². The second-order valence-electron chi connectivity index (χ2n) is 5.64. The SMILES string of the molecule is CC(C)n1c(C(=O)N2CCSCC2)cc2cc(O)ccc21. The summed E-state index contributed by atoms with van der Waals surface area (Å²) in [5.41, 5.74) is 1.72. The fraction of sp³-hybridized carbons (Fsp3) is 0.438. The molecule has 1 fully saturated rings. The molecule has 21 heavy (non-hydrogen) atoms. The molecule has 3 rings (SSSR count). The number of benzene rings is 1. The molecule has 1 aromatic heterocycles. The van der Waals surface area contributed by atoms with Crippen LogP contribution in [0.2, 0.25) is 0 Å². The van der Waals surface area contributed by atoms with E-state index in [1.165, 1.54) is 0 Å². The van der Waals surface area contributed by atoms with Gasteiger partial charge in [0.15, 0.2) is 0 Å². The van der Waals surface area contributed by atoms with Crippen LogP contribution in [-0.4, -0.2) is 45.1 Å². The summed E-state index contributed by atoms with van der Waals surface area (Å²) < 4.78 is 2.07. The molecule has 1 N–H and O–H groups in total. The molecule has 2 heterocycles. The van der Waals surface area contributed by atoms with Crippen LogP contribution >= 0.6 is 11.8 Å². The lowest BCUT2D eigenvalue weighted by Gasteiger charge is -2.27. The van der Waals surface area contributed by atoms with Gasteiger partial charge in [-0.1, -0.05) is 0 Å². The van der Waals surface area contributed by atoms with Crippen molar-refractivity contribution >= 4 is 28.6 Å². The zero-order valence-corrected chi connectivity index (χ0v) is 13.2. The number of carbonyl (C=O) groups is 1. The van der Waals surface area contributed by atoms with E-state index in [2.05, 4.69) is 18.4 Å². The van der Waals surface area contributed by atoms with Gasteiger partial charge >= 0.3 is 0 Å². The second-order valence-corrected chi connectivity index (χ2v) is 6.87. The monoisotopic (exact) mass is 304 g/mol. The molecule has 0 bridgehead atoms. The van der Waals surface area contributed by atoms with Crippen molar-refractivity contribution in [3.05, 3.63) is 30.0 Å². The van der Waals surface area contributed by atoms with E-state index in [0.29, 0.717) is 0 Å². The smallest absolute Gasteiger partial charge is 0.270 e. The van der Waals surface area contributed by atoms with E-state index in [0.717, 1.165) is 41.2 Å². The van der Waals surface area contributed by atoms with Crippen LogP contribution in [0.4, 0.5) is 0 Å². The summed E-state index contributed by atoms with van der Waals surface area (Å²) in [6.07, 6.45) is 0. The van der Waals surface area contributed by atoms with Crippen molar-refractivity contribution in [1.82, 2.24) is 9.47 Å². The molecule has 2 aromatic rings. The number of aromatic hydroxyl groups is 1. The van der Waals surface area contributed by atoms with Crippen LogP contribution in [0.25, 0.3) is 10.9 Å². The molecular formula is C16H20N2O2S. The van der Waals surface area contributed by atoms with Gasteiger partial charge in [-0.3, -0.25) is 4.79 Å². The van der Waals surface area contributed by atoms with Crippen molar-refractivity contribution in [2.24, 2.45) is 0 Å².